The van der Waals surface area contributed by atoms with E-state index in [9.17, 15) is 4.79 Å². The number of imidazole rings is 1. The Morgan fingerprint density at radius 2 is 2.33 bits per heavy atom. The average Bonchev–Trinajstić information content (AvgIpc) is 2.76. The Morgan fingerprint density at radius 3 is 2.94 bits per heavy atom. The van der Waals surface area contributed by atoms with Crippen LogP contribution in [-0.4, -0.2) is 39.3 Å². The first-order chi connectivity index (χ1) is 8.56. The molecule has 1 amide bonds. The summed E-state index contributed by atoms with van der Waals surface area (Å²) in [4.78, 5) is 17.6. The molecular formula is C13H22ClN3O. The zero-order valence-corrected chi connectivity index (χ0v) is 12.2. The summed E-state index contributed by atoms with van der Waals surface area (Å²) < 4.78 is 2.17. The Morgan fingerprint density at radius 1 is 1.61 bits per heavy atom. The van der Waals surface area contributed by atoms with Crippen molar-refractivity contribution < 1.29 is 4.79 Å². The maximum Gasteiger partial charge on any atom is 0.240 e. The summed E-state index contributed by atoms with van der Waals surface area (Å²) in [6.07, 6.45) is 6.74. The zero-order chi connectivity index (χ0) is 13.5. The molecule has 0 aromatic carbocycles. The first-order valence-corrected chi connectivity index (χ1v) is 6.89. The van der Waals surface area contributed by atoms with Crippen LogP contribution in [0.25, 0.3) is 0 Å². The van der Waals surface area contributed by atoms with Crippen molar-refractivity contribution in [1.29, 1.82) is 0 Å². The molecule has 18 heavy (non-hydrogen) atoms. The van der Waals surface area contributed by atoms with E-state index in [2.05, 4.69) is 16.5 Å². The standard InChI is InChI=1S/C13H22ClN3O/c1-4-8-17-10-7-15-12(17)6-5-9-16(3)13(18)11(2)14/h7,10-11H,4-6,8-9H2,1-3H3. The molecule has 0 radical (unpaired) electrons. The number of halogens is 1. The predicted octanol–water partition coefficient (Wildman–Crippen LogP) is 2.31. The van der Waals surface area contributed by atoms with Crippen molar-refractivity contribution in [2.24, 2.45) is 0 Å². The largest absolute Gasteiger partial charge is 0.344 e. The predicted molar refractivity (Wildman–Crippen MR) is 73.8 cm³/mol. The van der Waals surface area contributed by atoms with Gasteiger partial charge >= 0.3 is 0 Å². The highest BCUT2D eigenvalue weighted by molar-refractivity contribution is 6.30. The Labute approximate surface area is 114 Å². The molecule has 4 nitrogen and oxygen atoms in total. The van der Waals surface area contributed by atoms with Crippen LogP contribution in [0.4, 0.5) is 0 Å². The van der Waals surface area contributed by atoms with Crippen LogP contribution in [0.1, 0.15) is 32.5 Å². The van der Waals surface area contributed by atoms with Gasteiger partial charge in [-0.25, -0.2) is 4.98 Å². The Bertz CT molecular complexity index is 376. The third-order valence-electron chi connectivity index (χ3n) is 2.88. The lowest BCUT2D eigenvalue weighted by Crippen LogP contribution is -2.33. The monoisotopic (exact) mass is 271 g/mol. The number of rotatable bonds is 7. The van der Waals surface area contributed by atoms with Crippen LogP contribution in [0.2, 0.25) is 0 Å². The minimum atomic E-state index is -0.447. The maximum absolute atomic E-state index is 11.6. The van der Waals surface area contributed by atoms with Gasteiger partial charge in [0.15, 0.2) is 0 Å². The van der Waals surface area contributed by atoms with Crippen molar-refractivity contribution in [3.05, 3.63) is 18.2 Å². The maximum atomic E-state index is 11.6. The molecule has 0 saturated carbocycles. The van der Waals surface area contributed by atoms with Crippen LogP contribution in [0.15, 0.2) is 12.4 Å². The van der Waals surface area contributed by atoms with E-state index < -0.39 is 5.38 Å². The molecule has 0 saturated heterocycles. The number of alkyl halides is 1. The molecular weight excluding hydrogens is 250 g/mol. The molecule has 0 aliphatic rings. The van der Waals surface area contributed by atoms with Gasteiger partial charge in [-0.15, -0.1) is 11.6 Å². The van der Waals surface area contributed by atoms with Gasteiger partial charge in [-0.05, 0) is 19.8 Å². The second-order valence-electron chi connectivity index (χ2n) is 4.52. The van der Waals surface area contributed by atoms with Crippen LogP contribution < -0.4 is 0 Å². The zero-order valence-electron chi connectivity index (χ0n) is 11.4. The summed E-state index contributed by atoms with van der Waals surface area (Å²) in [6, 6.07) is 0. The second-order valence-corrected chi connectivity index (χ2v) is 5.17. The number of carbonyl (C=O) groups is 1. The lowest BCUT2D eigenvalue weighted by Gasteiger charge is -2.18. The number of aryl methyl sites for hydroxylation is 2. The summed E-state index contributed by atoms with van der Waals surface area (Å²) in [5, 5.41) is -0.447. The Hall–Kier alpha value is -1.03. The molecule has 1 aromatic rings. The summed E-state index contributed by atoms with van der Waals surface area (Å²) in [5.74, 6) is 1.07. The van der Waals surface area contributed by atoms with E-state index in [4.69, 9.17) is 11.6 Å². The Kier molecular flexibility index (Phi) is 6.19. The van der Waals surface area contributed by atoms with E-state index in [1.807, 2.05) is 12.4 Å². The van der Waals surface area contributed by atoms with E-state index in [-0.39, 0.29) is 5.91 Å². The quantitative estimate of drug-likeness (QED) is 0.714. The third kappa shape index (κ3) is 4.33. The molecule has 0 bridgehead atoms. The molecule has 102 valence electrons. The van der Waals surface area contributed by atoms with Crippen molar-refractivity contribution in [3.63, 3.8) is 0 Å². The molecule has 1 unspecified atom stereocenters. The van der Waals surface area contributed by atoms with Crippen molar-refractivity contribution in [2.45, 2.75) is 45.0 Å². The first kappa shape index (κ1) is 15.0. The number of aromatic nitrogens is 2. The topological polar surface area (TPSA) is 38.1 Å². The van der Waals surface area contributed by atoms with Gasteiger partial charge in [0.2, 0.25) is 5.91 Å². The normalized spacial score (nSPS) is 12.4. The van der Waals surface area contributed by atoms with Gasteiger partial charge < -0.3 is 9.47 Å². The van der Waals surface area contributed by atoms with E-state index in [1.165, 1.54) is 0 Å². The lowest BCUT2D eigenvalue weighted by molar-refractivity contribution is -0.129. The van der Waals surface area contributed by atoms with Gasteiger partial charge in [-0.2, -0.15) is 0 Å². The minimum Gasteiger partial charge on any atom is -0.344 e. The van der Waals surface area contributed by atoms with Gasteiger partial charge in [0.05, 0.1) is 0 Å². The molecule has 0 aliphatic carbocycles. The SMILES string of the molecule is CCCn1ccnc1CCCN(C)C(=O)C(C)Cl. The van der Waals surface area contributed by atoms with Crippen LogP contribution in [0.5, 0.6) is 0 Å². The highest BCUT2D eigenvalue weighted by atomic mass is 35.5. The Balaban J connectivity index is 2.37. The smallest absolute Gasteiger partial charge is 0.240 e. The van der Waals surface area contributed by atoms with Crippen molar-refractivity contribution in [2.75, 3.05) is 13.6 Å². The molecule has 1 heterocycles. The van der Waals surface area contributed by atoms with Crippen LogP contribution in [-0.2, 0) is 17.8 Å². The fourth-order valence-electron chi connectivity index (χ4n) is 1.90. The highest BCUT2D eigenvalue weighted by Crippen LogP contribution is 2.05. The van der Waals surface area contributed by atoms with Gasteiger partial charge in [-0.3, -0.25) is 4.79 Å². The molecule has 0 spiro atoms. The van der Waals surface area contributed by atoms with Crippen LogP contribution in [0.3, 0.4) is 0 Å². The van der Waals surface area contributed by atoms with Crippen LogP contribution >= 0.6 is 11.6 Å². The van der Waals surface area contributed by atoms with Crippen LogP contribution in [0, 0.1) is 0 Å². The second kappa shape index (κ2) is 7.41. The summed E-state index contributed by atoms with van der Waals surface area (Å²) in [5.41, 5.74) is 0. The lowest BCUT2D eigenvalue weighted by atomic mass is 10.2. The molecule has 1 rings (SSSR count). The minimum absolute atomic E-state index is 0.0198. The van der Waals surface area contributed by atoms with Crippen molar-refractivity contribution >= 4 is 17.5 Å². The molecule has 1 aromatic heterocycles. The van der Waals surface area contributed by atoms with Gasteiger partial charge in [0.1, 0.15) is 11.2 Å². The molecule has 0 fully saturated rings. The van der Waals surface area contributed by atoms with Gasteiger partial charge in [-0.1, -0.05) is 6.92 Å². The fourth-order valence-corrected chi connectivity index (χ4v) is 2.07. The number of nitrogens with zero attached hydrogens (tertiary/aromatic N) is 3. The number of amides is 1. The van der Waals surface area contributed by atoms with E-state index in [1.54, 1.807) is 18.9 Å². The molecule has 0 aliphatic heterocycles. The highest BCUT2D eigenvalue weighted by Gasteiger charge is 2.14. The fraction of sp³-hybridized carbons (Fsp3) is 0.692. The van der Waals surface area contributed by atoms with Gasteiger partial charge in [0, 0.05) is 39.0 Å². The average molecular weight is 272 g/mol. The first-order valence-electron chi connectivity index (χ1n) is 6.45. The summed E-state index contributed by atoms with van der Waals surface area (Å²) >= 11 is 5.76. The number of hydrogen-bond acceptors (Lipinski definition) is 2. The number of hydrogen-bond donors (Lipinski definition) is 0. The third-order valence-corrected chi connectivity index (χ3v) is 3.06. The van der Waals surface area contributed by atoms with Crippen molar-refractivity contribution in [3.8, 4) is 0 Å². The summed E-state index contributed by atoms with van der Waals surface area (Å²) in [7, 11) is 1.79. The van der Waals surface area contributed by atoms with E-state index in [0.29, 0.717) is 0 Å². The molecule has 1 atom stereocenters. The summed E-state index contributed by atoms with van der Waals surface area (Å²) in [6.45, 7) is 5.57. The van der Waals surface area contributed by atoms with Crippen molar-refractivity contribution in [1.82, 2.24) is 14.5 Å². The van der Waals surface area contributed by atoms with Gasteiger partial charge in [0.25, 0.3) is 0 Å². The molecule has 0 N–H and O–H groups in total. The van der Waals surface area contributed by atoms with E-state index >= 15 is 0 Å². The molecule has 5 heteroatoms. The van der Waals surface area contributed by atoms with E-state index in [0.717, 1.165) is 38.2 Å². The number of carbonyl (C=O) groups excluding carboxylic acids is 1.